The van der Waals surface area contributed by atoms with Gasteiger partial charge in [0, 0.05) is 38.6 Å². The van der Waals surface area contributed by atoms with Gasteiger partial charge in [-0.2, -0.15) is 0 Å². The van der Waals surface area contributed by atoms with Crippen molar-refractivity contribution < 1.29 is 9.13 Å². The molecule has 1 fully saturated rings. The Hall–Kier alpha value is -1.29. The molecule has 4 heteroatoms. The van der Waals surface area contributed by atoms with Gasteiger partial charge in [0.1, 0.15) is 12.4 Å². The van der Waals surface area contributed by atoms with Crippen LogP contribution in [0.15, 0.2) is 24.3 Å². The highest BCUT2D eigenvalue weighted by Crippen LogP contribution is 2.34. The van der Waals surface area contributed by atoms with Crippen molar-refractivity contribution in [3.05, 3.63) is 24.3 Å². The zero-order valence-electron chi connectivity index (χ0n) is 10.5. The standard InChI is InChI=1S/C14H19FN2O/c15-6-7-16-8-9-17-12(11-16)5-10-18-14-4-2-1-3-13(14)17/h1-4,12H,5-11H2/t12-/m1/s1. The smallest absolute Gasteiger partial charge is 0.142 e. The van der Waals surface area contributed by atoms with Gasteiger partial charge in [-0.1, -0.05) is 12.1 Å². The molecule has 98 valence electrons. The third-order valence-electron chi connectivity index (χ3n) is 3.85. The second kappa shape index (κ2) is 5.14. The minimum absolute atomic E-state index is 0.250. The molecule has 1 aromatic carbocycles. The van der Waals surface area contributed by atoms with Gasteiger partial charge in [0.15, 0.2) is 0 Å². The molecule has 2 heterocycles. The van der Waals surface area contributed by atoms with Gasteiger partial charge in [0.05, 0.1) is 12.3 Å². The Bertz CT molecular complexity index is 413. The van der Waals surface area contributed by atoms with Crippen molar-refractivity contribution in [2.24, 2.45) is 0 Å². The monoisotopic (exact) mass is 250 g/mol. The highest BCUT2D eigenvalue weighted by atomic mass is 19.1. The molecule has 3 rings (SSSR count). The maximum Gasteiger partial charge on any atom is 0.142 e. The Labute approximate surface area is 107 Å². The van der Waals surface area contributed by atoms with E-state index in [0.717, 1.165) is 38.4 Å². The molecule has 0 spiro atoms. The van der Waals surface area contributed by atoms with Gasteiger partial charge < -0.3 is 9.64 Å². The number of fused-ring (bicyclic) bond motifs is 3. The van der Waals surface area contributed by atoms with Crippen LogP contribution in [-0.2, 0) is 0 Å². The van der Waals surface area contributed by atoms with E-state index in [1.54, 1.807) is 0 Å². The highest BCUT2D eigenvalue weighted by Gasteiger charge is 2.30. The number of benzene rings is 1. The van der Waals surface area contributed by atoms with Crippen molar-refractivity contribution in [1.29, 1.82) is 0 Å². The molecular formula is C14H19FN2O. The van der Waals surface area contributed by atoms with Crippen molar-refractivity contribution in [1.82, 2.24) is 4.90 Å². The number of hydrogen-bond donors (Lipinski definition) is 0. The van der Waals surface area contributed by atoms with E-state index in [9.17, 15) is 4.39 Å². The lowest BCUT2D eigenvalue weighted by Gasteiger charge is -2.41. The maximum atomic E-state index is 12.4. The van der Waals surface area contributed by atoms with Gasteiger partial charge in [0.25, 0.3) is 0 Å². The second-order valence-corrected chi connectivity index (χ2v) is 4.94. The number of anilines is 1. The number of piperazine rings is 1. The molecule has 0 bridgehead atoms. The van der Waals surface area contributed by atoms with Crippen LogP contribution in [0.1, 0.15) is 6.42 Å². The number of rotatable bonds is 2. The Balaban J connectivity index is 1.81. The summed E-state index contributed by atoms with van der Waals surface area (Å²) in [7, 11) is 0. The topological polar surface area (TPSA) is 15.7 Å². The molecule has 1 aromatic rings. The van der Waals surface area contributed by atoms with E-state index in [4.69, 9.17) is 4.74 Å². The fraction of sp³-hybridized carbons (Fsp3) is 0.571. The fourth-order valence-electron chi connectivity index (χ4n) is 2.93. The largest absolute Gasteiger partial charge is 0.491 e. The molecule has 0 aliphatic carbocycles. The van der Waals surface area contributed by atoms with Crippen LogP contribution in [0.2, 0.25) is 0 Å². The van der Waals surface area contributed by atoms with E-state index >= 15 is 0 Å². The summed E-state index contributed by atoms with van der Waals surface area (Å²) >= 11 is 0. The molecule has 0 aromatic heterocycles. The van der Waals surface area contributed by atoms with Crippen molar-refractivity contribution in [2.75, 3.05) is 44.4 Å². The summed E-state index contributed by atoms with van der Waals surface area (Å²) in [4.78, 5) is 4.65. The first-order valence-electron chi connectivity index (χ1n) is 6.65. The summed E-state index contributed by atoms with van der Waals surface area (Å²) in [5.74, 6) is 0.985. The molecule has 0 unspecified atom stereocenters. The molecule has 3 nitrogen and oxygen atoms in total. The zero-order valence-corrected chi connectivity index (χ0v) is 10.5. The highest BCUT2D eigenvalue weighted by molar-refractivity contribution is 5.60. The first-order valence-corrected chi connectivity index (χ1v) is 6.65. The van der Waals surface area contributed by atoms with Gasteiger partial charge >= 0.3 is 0 Å². The number of alkyl halides is 1. The van der Waals surface area contributed by atoms with E-state index in [2.05, 4.69) is 21.9 Å². The fourth-order valence-corrected chi connectivity index (χ4v) is 2.93. The molecule has 0 N–H and O–H groups in total. The third kappa shape index (κ3) is 2.17. The van der Waals surface area contributed by atoms with Crippen LogP contribution in [0.5, 0.6) is 5.75 Å². The van der Waals surface area contributed by atoms with Crippen LogP contribution in [0.3, 0.4) is 0 Å². The zero-order chi connectivity index (χ0) is 12.4. The average Bonchev–Trinajstić information content (AvgIpc) is 2.58. The van der Waals surface area contributed by atoms with E-state index < -0.39 is 0 Å². The summed E-state index contributed by atoms with van der Waals surface area (Å²) in [5.41, 5.74) is 1.19. The first-order chi connectivity index (χ1) is 8.88. The normalized spacial score (nSPS) is 23.8. The van der Waals surface area contributed by atoms with Crippen LogP contribution in [0, 0.1) is 0 Å². The molecule has 1 atom stereocenters. The number of nitrogens with zero attached hydrogens (tertiary/aromatic N) is 2. The van der Waals surface area contributed by atoms with Crippen molar-refractivity contribution in [3.63, 3.8) is 0 Å². The van der Waals surface area contributed by atoms with Crippen LogP contribution in [-0.4, -0.2) is 50.4 Å². The molecule has 0 amide bonds. The Kier molecular flexibility index (Phi) is 3.37. The summed E-state index contributed by atoms with van der Waals surface area (Å²) < 4.78 is 18.2. The summed E-state index contributed by atoms with van der Waals surface area (Å²) in [6, 6.07) is 8.68. The van der Waals surface area contributed by atoms with Gasteiger partial charge in [0.2, 0.25) is 0 Å². The summed E-state index contributed by atoms with van der Waals surface area (Å²) in [5, 5.41) is 0. The molecule has 1 saturated heterocycles. The number of ether oxygens (including phenoxy) is 1. The Morgan fingerprint density at radius 3 is 3.06 bits per heavy atom. The van der Waals surface area contributed by atoms with Gasteiger partial charge in [-0.05, 0) is 12.1 Å². The van der Waals surface area contributed by atoms with Crippen LogP contribution in [0.4, 0.5) is 10.1 Å². The van der Waals surface area contributed by atoms with Crippen LogP contribution < -0.4 is 9.64 Å². The average molecular weight is 250 g/mol. The van der Waals surface area contributed by atoms with E-state index in [1.807, 2.05) is 12.1 Å². The molecule has 0 saturated carbocycles. The van der Waals surface area contributed by atoms with Crippen LogP contribution >= 0.6 is 0 Å². The lowest BCUT2D eigenvalue weighted by atomic mass is 10.1. The number of hydrogen-bond acceptors (Lipinski definition) is 3. The van der Waals surface area contributed by atoms with Gasteiger partial charge in [-0.3, -0.25) is 4.90 Å². The first kappa shape index (κ1) is 11.8. The SMILES string of the molecule is FCCN1CCN2c3ccccc3OCC[C@@H]2C1. The quantitative estimate of drug-likeness (QED) is 0.797. The molecule has 18 heavy (non-hydrogen) atoms. The number of para-hydroxylation sites is 2. The van der Waals surface area contributed by atoms with E-state index in [0.29, 0.717) is 12.6 Å². The lowest BCUT2D eigenvalue weighted by Crippen LogP contribution is -2.53. The lowest BCUT2D eigenvalue weighted by molar-refractivity contribution is 0.195. The van der Waals surface area contributed by atoms with Crippen LogP contribution in [0.25, 0.3) is 0 Å². The molecule has 0 radical (unpaired) electrons. The van der Waals surface area contributed by atoms with Crippen molar-refractivity contribution in [3.8, 4) is 5.75 Å². The van der Waals surface area contributed by atoms with E-state index in [1.165, 1.54) is 5.69 Å². The molecule has 2 aliphatic heterocycles. The summed E-state index contributed by atoms with van der Waals surface area (Å²) in [6.45, 7) is 3.91. The Morgan fingerprint density at radius 1 is 1.28 bits per heavy atom. The van der Waals surface area contributed by atoms with E-state index in [-0.39, 0.29) is 6.67 Å². The Morgan fingerprint density at radius 2 is 2.17 bits per heavy atom. The minimum Gasteiger partial charge on any atom is -0.491 e. The van der Waals surface area contributed by atoms with Crippen molar-refractivity contribution >= 4 is 5.69 Å². The second-order valence-electron chi connectivity index (χ2n) is 4.94. The molecular weight excluding hydrogens is 231 g/mol. The van der Waals surface area contributed by atoms with Crippen molar-refractivity contribution in [2.45, 2.75) is 12.5 Å². The van der Waals surface area contributed by atoms with Gasteiger partial charge in [-0.15, -0.1) is 0 Å². The maximum absolute atomic E-state index is 12.4. The summed E-state index contributed by atoms with van der Waals surface area (Å²) in [6.07, 6.45) is 1.01. The molecule has 2 aliphatic rings. The predicted molar refractivity (Wildman–Crippen MR) is 70.1 cm³/mol. The minimum atomic E-state index is -0.250. The van der Waals surface area contributed by atoms with Gasteiger partial charge in [-0.25, -0.2) is 4.39 Å². The predicted octanol–water partition coefficient (Wildman–Crippen LogP) is 1.93. The number of halogens is 1. The third-order valence-corrected chi connectivity index (χ3v) is 3.85.